The predicted octanol–water partition coefficient (Wildman–Crippen LogP) is 1.04. The Kier molecular flexibility index (Phi) is 2.92. The normalized spacial score (nSPS) is 25.8. The van der Waals surface area contributed by atoms with E-state index in [4.69, 9.17) is 11.5 Å². The van der Waals surface area contributed by atoms with Gasteiger partial charge < -0.3 is 21.7 Å². The van der Waals surface area contributed by atoms with Gasteiger partial charge in [0.1, 0.15) is 0 Å². The lowest BCUT2D eigenvalue weighted by molar-refractivity contribution is 0.407. The molecular formula is C12H20N4. The Balaban J connectivity index is 2.19. The van der Waals surface area contributed by atoms with Gasteiger partial charge >= 0.3 is 0 Å². The molecule has 16 heavy (non-hydrogen) atoms. The van der Waals surface area contributed by atoms with Crippen LogP contribution in [0.1, 0.15) is 13.8 Å². The first-order chi connectivity index (χ1) is 7.56. The molecule has 4 heteroatoms. The summed E-state index contributed by atoms with van der Waals surface area (Å²) >= 11 is 0. The molecule has 1 aliphatic heterocycles. The SMILES string of the molecule is CC1CN(c2ccc(N)c(N)c2)CC(C)N1. The van der Waals surface area contributed by atoms with Gasteiger partial charge in [-0.2, -0.15) is 0 Å². The van der Waals surface area contributed by atoms with Crippen LogP contribution in [0.25, 0.3) is 0 Å². The zero-order valence-electron chi connectivity index (χ0n) is 9.90. The van der Waals surface area contributed by atoms with Gasteiger partial charge in [-0.05, 0) is 32.0 Å². The minimum absolute atomic E-state index is 0.502. The summed E-state index contributed by atoms with van der Waals surface area (Å²) < 4.78 is 0. The van der Waals surface area contributed by atoms with Crippen LogP contribution in [0.2, 0.25) is 0 Å². The molecule has 0 saturated carbocycles. The number of nitrogen functional groups attached to an aromatic ring is 2. The summed E-state index contributed by atoms with van der Waals surface area (Å²) in [4.78, 5) is 2.35. The zero-order valence-corrected chi connectivity index (χ0v) is 9.90. The predicted molar refractivity (Wildman–Crippen MR) is 69.5 cm³/mol. The molecule has 4 nitrogen and oxygen atoms in total. The Labute approximate surface area is 96.6 Å². The number of rotatable bonds is 1. The molecule has 0 bridgehead atoms. The highest BCUT2D eigenvalue weighted by atomic mass is 15.2. The van der Waals surface area contributed by atoms with Crippen molar-refractivity contribution >= 4 is 17.1 Å². The lowest BCUT2D eigenvalue weighted by Crippen LogP contribution is -2.54. The maximum Gasteiger partial charge on any atom is 0.0568 e. The van der Waals surface area contributed by atoms with Crippen molar-refractivity contribution in [2.45, 2.75) is 25.9 Å². The maximum absolute atomic E-state index is 5.83. The monoisotopic (exact) mass is 220 g/mol. The standard InChI is InChI=1S/C12H20N4/c1-8-6-16(7-9(2)15-8)10-3-4-11(13)12(14)5-10/h3-5,8-9,15H,6-7,13-14H2,1-2H3. The Morgan fingerprint density at radius 1 is 1.12 bits per heavy atom. The van der Waals surface area contributed by atoms with E-state index in [-0.39, 0.29) is 0 Å². The molecular weight excluding hydrogens is 200 g/mol. The number of anilines is 3. The number of piperazine rings is 1. The van der Waals surface area contributed by atoms with Crippen LogP contribution in [0.5, 0.6) is 0 Å². The van der Waals surface area contributed by atoms with Gasteiger partial charge in [-0.25, -0.2) is 0 Å². The van der Waals surface area contributed by atoms with Gasteiger partial charge in [0.05, 0.1) is 11.4 Å². The first kappa shape index (κ1) is 11.1. The number of benzene rings is 1. The summed E-state index contributed by atoms with van der Waals surface area (Å²) in [5.41, 5.74) is 14.0. The first-order valence-corrected chi connectivity index (χ1v) is 5.72. The van der Waals surface area contributed by atoms with E-state index in [9.17, 15) is 0 Å². The summed E-state index contributed by atoms with van der Waals surface area (Å²) in [5.74, 6) is 0. The number of nitrogens with two attached hydrogens (primary N) is 2. The molecule has 0 amide bonds. The molecule has 1 fully saturated rings. The molecule has 5 N–H and O–H groups in total. The van der Waals surface area contributed by atoms with Crippen molar-refractivity contribution in [1.82, 2.24) is 5.32 Å². The van der Waals surface area contributed by atoms with Crippen molar-refractivity contribution in [2.24, 2.45) is 0 Å². The lowest BCUT2D eigenvalue weighted by Gasteiger charge is -2.37. The fraction of sp³-hybridized carbons (Fsp3) is 0.500. The van der Waals surface area contributed by atoms with Gasteiger partial charge in [-0.1, -0.05) is 0 Å². The third-order valence-corrected chi connectivity index (χ3v) is 2.99. The van der Waals surface area contributed by atoms with Gasteiger partial charge in [0.2, 0.25) is 0 Å². The summed E-state index contributed by atoms with van der Waals surface area (Å²) in [6.45, 7) is 6.41. The van der Waals surface area contributed by atoms with Crippen molar-refractivity contribution in [3.8, 4) is 0 Å². The molecule has 1 aromatic carbocycles. The van der Waals surface area contributed by atoms with Gasteiger partial charge in [0.25, 0.3) is 0 Å². The van der Waals surface area contributed by atoms with E-state index < -0.39 is 0 Å². The largest absolute Gasteiger partial charge is 0.397 e. The second-order valence-corrected chi connectivity index (χ2v) is 4.69. The molecule has 88 valence electrons. The number of nitrogens with zero attached hydrogens (tertiary/aromatic N) is 1. The van der Waals surface area contributed by atoms with Crippen molar-refractivity contribution in [3.63, 3.8) is 0 Å². The molecule has 0 aliphatic carbocycles. The summed E-state index contributed by atoms with van der Waals surface area (Å²) in [5, 5.41) is 3.51. The molecule has 1 heterocycles. The number of hydrogen-bond acceptors (Lipinski definition) is 4. The lowest BCUT2D eigenvalue weighted by atomic mass is 10.1. The Hall–Kier alpha value is -1.42. The first-order valence-electron chi connectivity index (χ1n) is 5.72. The van der Waals surface area contributed by atoms with Crippen LogP contribution in [0.3, 0.4) is 0 Å². The third kappa shape index (κ3) is 2.22. The van der Waals surface area contributed by atoms with E-state index in [1.54, 1.807) is 0 Å². The van der Waals surface area contributed by atoms with E-state index in [0.717, 1.165) is 18.8 Å². The molecule has 1 aliphatic rings. The fourth-order valence-electron chi connectivity index (χ4n) is 2.30. The smallest absolute Gasteiger partial charge is 0.0568 e. The van der Waals surface area contributed by atoms with Crippen LogP contribution in [0, 0.1) is 0 Å². The number of nitrogens with one attached hydrogen (secondary N) is 1. The second kappa shape index (κ2) is 4.22. The van der Waals surface area contributed by atoms with E-state index in [1.807, 2.05) is 18.2 Å². The van der Waals surface area contributed by atoms with E-state index in [0.29, 0.717) is 23.5 Å². The van der Waals surface area contributed by atoms with Crippen molar-refractivity contribution in [3.05, 3.63) is 18.2 Å². The van der Waals surface area contributed by atoms with E-state index in [2.05, 4.69) is 24.1 Å². The van der Waals surface area contributed by atoms with Crippen LogP contribution in [0.4, 0.5) is 17.1 Å². The van der Waals surface area contributed by atoms with Gasteiger partial charge in [0.15, 0.2) is 0 Å². The Bertz CT molecular complexity index is 367. The van der Waals surface area contributed by atoms with Gasteiger partial charge in [-0.3, -0.25) is 0 Å². The van der Waals surface area contributed by atoms with Gasteiger partial charge in [-0.15, -0.1) is 0 Å². The Morgan fingerprint density at radius 2 is 1.75 bits per heavy atom. The molecule has 2 unspecified atom stereocenters. The zero-order chi connectivity index (χ0) is 11.7. The fourth-order valence-corrected chi connectivity index (χ4v) is 2.30. The minimum Gasteiger partial charge on any atom is -0.397 e. The molecule has 0 radical (unpaired) electrons. The van der Waals surface area contributed by atoms with E-state index in [1.165, 1.54) is 0 Å². The molecule has 0 aromatic heterocycles. The second-order valence-electron chi connectivity index (χ2n) is 4.69. The van der Waals surface area contributed by atoms with Crippen molar-refractivity contribution in [1.29, 1.82) is 0 Å². The van der Waals surface area contributed by atoms with Crippen LogP contribution in [-0.2, 0) is 0 Å². The van der Waals surface area contributed by atoms with Crippen molar-refractivity contribution < 1.29 is 0 Å². The topological polar surface area (TPSA) is 67.3 Å². The van der Waals surface area contributed by atoms with Crippen LogP contribution in [-0.4, -0.2) is 25.2 Å². The molecule has 1 aromatic rings. The summed E-state index contributed by atoms with van der Waals surface area (Å²) in [7, 11) is 0. The highest BCUT2D eigenvalue weighted by Crippen LogP contribution is 2.24. The van der Waals surface area contributed by atoms with Gasteiger partial charge in [0, 0.05) is 30.9 Å². The summed E-state index contributed by atoms with van der Waals surface area (Å²) in [6.07, 6.45) is 0. The van der Waals surface area contributed by atoms with Crippen LogP contribution in [0.15, 0.2) is 18.2 Å². The maximum atomic E-state index is 5.83. The van der Waals surface area contributed by atoms with Crippen LogP contribution < -0.4 is 21.7 Å². The molecule has 0 spiro atoms. The molecule has 2 rings (SSSR count). The summed E-state index contributed by atoms with van der Waals surface area (Å²) in [6, 6.07) is 6.88. The Morgan fingerprint density at radius 3 is 2.31 bits per heavy atom. The van der Waals surface area contributed by atoms with Crippen LogP contribution >= 0.6 is 0 Å². The minimum atomic E-state index is 0.502. The van der Waals surface area contributed by atoms with Crippen molar-refractivity contribution in [2.75, 3.05) is 29.5 Å². The quantitative estimate of drug-likeness (QED) is 0.619. The number of hydrogen-bond donors (Lipinski definition) is 3. The average Bonchev–Trinajstić information content (AvgIpc) is 2.20. The molecule has 1 saturated heterocycles. The highest BCUT2D eigenvalue weighted by molar-refractivity contribution is 5.70. The molecule has 2 atom stereocenters. The van der Waals surface area contributed by atoms with E-state index >= 15 is 0 Å². The highest BCUT2D eigenvalue weighted by Gasteiger charge is 2.21. The average molecular weight is 220 g/mol. The third-order valence-electron chi connectivity index (χ3n) is 2.99.